The van der Waals surface area contributed by atoms with Gasteiger partial charge in [0.25, 0.3) is 0 Å². The van der Waals surface area contributed by atoms with Crippen LogP contribution in [0.15, 0.2) is 47.4 Å². The molecule has 0 aliphatic heterocycles. The number of rotatable bonds is 6. The van der Waals surface area contributed by atoms with Gasteiger partial charge in [0.1, 0.15) is 11.6 Å². The Morgan fingerprint density at radius 2 is 1.93 bits per heavy atom. The van der Waals surface area contributed by atoms with Crippen LogP contribution in [0.4, 0.5) is 4.39 Å². The molecule has 30 heavy (non-hydrogen) atoms. The first-order valence-electron chi connectivity index (χ1n) is 9.57. The molecule has 1 unspecified atom stereocenters. The Balaban J connectivity index is 1.65. The standard InChI is InChI=1S/C21H21FN2O5S/c22-13-1-5-16(6-2-13)30(28,29)23-14-3-7-19-17(11-14)18-12-15(25)4-8-20(18)24(19)10-9-21(26)27/h1-2,4-6,8,12,14,23,25H,3,7,9-11H2,(H,26,27). The highest BCUT2D eigenvalue weighted by Crippen LogP contribution is 2.34. The number of nitrogens with zero attached hydrogens (tertiary/aromatic N) is 1. The predicted octanol–water partition coefficient (Wildman–Crippen LogP) is 2.80. The number of fused-ring (bicyclic) bond motifs is 3. The topological polar surface area (TPSA) is 109 Å². The first-order valence-corrected chi connectivity index (χ1v) is 11.1. The fraction of sp³-hybridized carbons (Fsp3) is 0.286. The molecular formula is C21H21FN2O5S. The van der Waals surface area contributed by atoms with Gasteiger partial charge in [0.15, 0.2) is 0 Å². The minimum atomic E-state index is -3.81. The SMILES string of the molecule is O=C(O)CCn1c2c(c3cc(O)ccc31)CC(NS(=O)(=O)c1ccc(F)cc1)CC2. The number of aromatic hydroxyl groups is 1. The molecule has 1 heterocycles. The molecule has 3 N–H and O–H groups in total. The van der Waals surface area contributed by atoms with Crippen LogP contribution in [0.5, 0.6) is 5.75 Å². The van der Waals surface area contributed by atoms with Gasteiger partial charge in [-0.15, -0.1) is 0 Å². The molecule has 4 rings (SSSR count). The van der Waals surface area contributed by atoms with Gasteiger partial charge in [0.05, 0.1) is 11.3 Å². The molecule has 2 aromatic carbocycles. The van der Waals surface area contributed by atoms with Crippen LogP contribution < -0.4 is 4.72 Å². The molecule has 0 amide bonds. The lowest BCUT2D eigenvalue weighted by atomic mass is 9.92. The van der Waals surface area contributed by atoms with Crippen molar-refractivity contribution in [2.75, 3.05) is 0 Å². The maximum absolute atomic E-state index is 13.1. The van der Waals surface area contributed by atoms with Gasteiger partial charge >= 0.3 is 5.97 Å². The largest absolute Gasteiger partial charge is 0.508 e. The maximum atomic E-state index is 13.1. The third kappa shape index (κ3) is 3.90. The number of aryl methyl sites for hydroxylation is 1. The molecular weight excluding hydrogens is 411 g/mol. The summed E-state index contributed by atoms with van der Waals surface area (Å²) in [6.07, 6.45) is 1.50. The summed E-state index contributed by atoms with van der Waals surface area (Å²) in [5, 5.41) is 19.8. The molecule has 0 radical (unpaired) electrons. The summed E-state index contributed by atoms with van der Waals surface area (Å²) in [5.74, 6) is -1.31. The lowest BCUT2D eigenvalue weighted by molar-refractivity contribution is -0.137. The Morgan fingerprint density at radius 3 is 2.63 bits per heavy atom. The molecule has 0 saturated heterocycles. The number of halogens is 1. The molecule has 1 aromatic heterocycles. The molecule has 0 spiro atoms. The summed E-state index contributed by atoms with van der Waals surface area (Å²) >= 11 is 0. The summed E-state index contributed by atoms with van der Waals surface area (Å²) in [6, 6.07) is 9.22. The Labute approximate surface area is 172 Å². The molecule has 1 aliphatic carbocycles. The molecule has 0 fully saturated rings. The number of sulfonamides is 1. The number of carboxylic acids is 1. The van der Waals surface area contributed by atoms with E-state index in [1.807, 2.05) is 4.57 Å². The number of hydrogen-bond donors (Lipinski definition) is 3. The van der Waals surface area contributed by atoms with Crippen molar-refractivity contribution >= 4 is 26.9 Å². The van der Waals surface area contributed by atoms with Gasteiger partial charge in [-0.05, 0) is 67.3 Å². The van der Waals surface area contributed by atoms with Crippen LogP contribution in [0.25, 0.3) is 10.9 Å². The van der Waals surface area contributed by atoms with E-state index in [0.717, 1.165) is 34.3 Å². The van der Waals surface area contributed by atoms with Gasteiger partial charge in [-0.2, -0.15) is 0 Å². The normalized spacial score (nSPS) is 16.5. The van der Waals surface area contributed by atoms with Crippen LogP contribution in [-0.2, 0) is 34.2 Å². The van der Waals surface area contributed by atoms with Crippen molar-refractivity contribution in [3.05, 3.63) is 59.5 Å². The van der Waals surface area contributed by atoms with Gasteiger partial charge in [-0.1, -0.05) is 0 Å². The summed E-state index contributed by atoms with van der Waals surface area (Å²) in [5.41, 5.74) is 2.69. The fourth-order valence-corrected chi connectivity index (χ4v) is 5.37. The van der Waals surface area contributed by atoms with Gasteiger partial charge in [-0.3, -0.25) is 4.79 Å². The van der Waals surface area contributed by atoms with E-state index in [1.54, 1.807) is 18.2 Å². The van der Waals surface area contributed by atoms with Crippen molar-refractivity contribution in [2.24, 2.45) is 0 Å². The van der Waals surface area contributed by atoms with Gasteiger partial charge in [0, 0.05) is 29.2 Å². The molecule has 1 aliphatic rings. The number of carbonyl (C=O) groups is 1. The van der Waals surface area contributed by atoms with Gasteiger partial charge in [0.2, 0.25) is 10.0 Å². The van der Waals surface area contributed by atoms with Gasteiger partial charge < -0.3 is 14.8 Å². The lowest BCUT2D eigenvalue weighted by Gasteiger charge is -2.25. The smallest absolute Gasteiger partial charge is 0.305 e. The highest BCUT2D eigenvalue weighted by Gasteiger charge is 2.29. The number of carboxylic acid groups (broad SMARTS) is 1. The van der Waals surface area contributed by atoms with Crippen LogP contribution in [0.1, 0.15) is 24.1 Å². The lowest BCUT2D eigenvalue weighted by Crippen LogP contribution is -2.39. The van der Waals surface area contributed by atoms with E-state index < -0.39 is 21.8 Å². The summed E-state index contributed by atoms with van der Waals surface area (Å²) in [7, 11) is -3.81. The van der Waals surface area contributed by atoms with Crippen LogP contribution in [0.2, 0.25) is 0 Å². The van der Waals surface area contributed by atoms with Crippen molar-refractivity contribution in [3.8, 4) is 5.75 Å². The molecule has 0 saturated carbocycles. The zero-order chi connectivity index (χ0) is 21.5. The molecule has 7 nitrogen and oxygen atoms in total. The second-order valence-electron chi connectivity index (χ2n) is 7.44. The highest BCUT2D eigenvalue weighted by molar-refractivity contribution is 7.89. The van der Waals surface area contributed by atoms with Gasteiger partial charge in [-0.25, -0.2) is 17.5 Å². The summed E-state index contributed by atoms with van der Waals surface area (Å²) < 4.78 is 43.1. The van der Waals surface area contributed by atoms with E-state index in [-0.39, 0.29) is 23.1 Å². The number of phenols is 1. The zero-order valence-electron chi connectivity index (χ0n) is 16.0. The first kappa shape index (κ1) is 20.4. The Bertz CT molecular complexity index is 1220. The minimum Gasteiger partial charge on any atom is -0.508 e. The fourth-order valence-electron chi connectivity index (χ4n) is 4.10. The Kier molecular flexibility index (Phi) is 5.25. The summed E-state index contributed by atoms with van der Waals surface area (Å²) in [4.78, 5) is 11.1. The predicted molar refractivity (Wildman–Crippen MR) is 108 cm³/mol. The van der Waals surface area contributed by atoms with E-state index in [9.17, 15) is 22.7 Å². The van der Waals surface area contributed by atoms with Crippen molar-refractivity contribution in [1.29, 1.82) is 0 Å². The third-order valence-electron chi connectivity index (χ3n) is 5.45. The Hall–Kier alpha value is -2.91. The number of aliphatic carboxylic acids is 1. The van der Waals surface area contributed by atoms with Crippen LogP contribution >= 0.6 is 0 Å². The minimum absolute atomic E-state index is 0.00349. The number of nitrogens with one attached hydrogen (secondary N) is 1. The maximum Gasteiger partial charge on any atom is 0.305 e. The van der Waals surface area contributed by atoms with Crippen LogP contribution in [0.3, 0.4) is 0 Å². The quantitative estimate of drug-likeness (QED) is 0.555. The third-order valence-corrected chi connectivity index (χ3v) is 6.98. The van der Waals surface area contributed by atoms with E-state index in [1.165, 1.54) is 12.1 Å². The second kappa shape index (κ2) is 7.73. The highest BCUT2D eigenvalue weighted by atomic mass is 32.2. The first-order chi connectivity index (χ1) is 14.2. The Morgan fingerprint density at radius 1 is 1.20 bits per heavy atom. The second-order valence-corrected chi connectivity index (χ2v) is 9.15. The molecule has 9 heteroatoms. The van der Waals surface area contributed by atoms with Crippen LogP contribution in [0, 0.1) is 5.82 Å². The van der Waals surface area contributed by atoms with E-state index in [0.29, 0.717) is 25.8 Å². The molecule has 158 valence electrons. The average Bonchev–Trinajstić information content (AvgIpc) is 2.98. The van der Waals surface area contributed by atoms with E-state index in [4.69, 9.17) is 5.11 Å². The average molecular weight is 432 g/mol. The zero-order valence-corrected chi connectivity index (χ0v) is 16.8. The van der Waals surface area contributed by atoms with Crippen molar-refractivity contribution in [3.63, 3.8) is 0 Å². The molecule has 3 aromatic rings. The van der Waals surface area contributed by atoms with E-state index in [2.05, 4.69) is 4.72 Å². The number of phenolic OH excluding ortho intramolecular Hbond substituents is 1. The summed E-state index contributed by atoms with van der Waals surface area (Å²) in [6.45, 7) is 0.303. The van der Waals surface area contributed by atoms with Crippen LogP contribution in [-0.4, -0.2) is 35.2 Å². The molecule has 0 bridgehead atoms. The monoisotopic (exact) mass is 432 g/mol. The van der Waals surface area contributed by atoms with Crippen molar-refractivity contribution in [2.45, 2.75) is 43.2 Å². The molecule has 1 atom stereocenters. The van der Waals surface area contributed by atoms with Crippen molar-refractivity contribution in [1.82, 2.24) is 9.29 Å². The number of benzene rings is 2. The van der Waals surface area contributed by atoms with Crippen molar-refractivity contribution < 1.29 is 27.8 Å². The number of hydrogen-bond acceptors (Lipinski definition) is 4. The number of aromatic nitrogens is 1. The van der Waals surface area contributed by atoms with E-state index >= 15 is 0 Å².